The van der Waals surface area contributed by atoms with Gasteiger partial charge in [-0.05, 0) is 43.0 Å². The summed E-state index contributed by atoms with van der Waals surface area (Å²) in [4.78, 5) is 65.0. The first-order valence-electron chi connectivity index (χ1n) is 8.90. The summed E-state index contributed by atoms with van der Waals surface area (Å²) in [6.07, 6.45) is 2.51. The molecule has 12 heteroatoms. The van der Waals surface area contributed by atoms with Gasteiger partial charge in [-0.25, -0.2) is 9.78 Å². The SMILES string of the molecule is CCOC(=O)c1ccc(NC(=O)CN2C(=O)S/C(=C\C(=O)Nc3nccs3)C2=O)cc1. The number of nitrogens with zero attached hydrogens (tertiary/aromatic N) is 2. The van der Waals surface area contributed by atoms with Crippen LogP contribution in [0.25, 0.3) is 0 Å². The highest BCUT2D eigenvalue weighted by molar-refractivity contribution is 8.18. The third kappa shape index (κ3) is 5.77. The molecule has 160 valence electrons. The molecule has 3 rings (SSSR count). The van der Waals surface area contributed by atoms with Gasteiger partial charge in [0.05, 0.1) is 17.1 Å². The van der Waals surface area contributed by atoms with E-state index in [0.717, 1.165) is 11.0 Å². The fourth-order valence-corrected chi connectivity index (χ4v) is 3.77. The molecule has 0 bridgehead atoms. The lowest BCUT2D eigenvalue weighted by Gasteiger charge is -2.12. The first-order chi connectivity index (χ1) is 14.9. The van der Waals surface area contributed by atoms with E-state index in [2.05, 4.69) is 15.6 Å². The number of thiazole rings is 1. The standard InChI is InChI=1S/C19H16N4O6S2/c1-2-29-17(27)11-3-5-12(6-4-11)21-15(25)10-23-16(26)13(31-19(23)28)9-14(24)22-18-20-7-8-30-18/h3-9H,2,10H2,1H3,(H,21,25)(H,20,22,24)/b13-9-. The number of hydrogen-bond acceptors (Lipinski definition) is 9. The number of amides is 4. The second-order valence-electron chi connectivity index (χ2n) is 5.94. The number of anilines is 2. The van der Waals surface area contributed by atoms with Crippen LogP contribution < -0.4 is 10.6 Å². The molecule has 1 aromatic carbocycles. The summed E-state index contributed by atoms with van der Waals surface area (Å²) >= 11 is 1.78. The summed E-state index contributed by atoms with van der Waals surface area (Å²) in [7, 11) is 0. The number of imide groups is 1. The maximum atomic E-state index is 12.4. The van der Waals surface area contributed by atoms with Gasteiger partial charge in [-0.2, -0.15) is 0 Å². The molecule has 2 N–H and O–H groups in total. The minimum atomic E-state index is -0.739. The molecule has 1 aliphatic rings. The lowest BCUT2D eigenvalue weighted by molar-refractivity contribution is -0.127. The van der Waals surface area contributed by atoms with E-state index in [4.69, 9.17) is 4.74 Å². The Morgan fingerprint density at radius 2 is 1.90 bits per heavy atom. The Bertz CT molecular complexity index is 1050. The molecule has 1 aliphatic heterocycles. The number of carbonyl (C=O) groups excluding carboxylic acids is 5. The molecule has 0 spiro atoms. The molecule has 0 unspecified atom stereocenters. The normalized spacial score (nSPS) is 14.6. The number of carbonyl (C=O) groups is 5. The van der Waals surface area contributed by atoms with Crippen molar-refractivity contribution >= 4 is 62.8 Å². The minimum Gasteiger partial charge on any atom is -0.462 e. The quantitative estimate of drug-likeness (QED) is 0.475. The van der Waals surface area contributed by atoms with Gasteiger partial charge in [0.15, 0.2) is 5.13 Å². The van der Waals surface area contributed by atoms with Crippen molar-refractivity contribution in [1.82, 2.24) is 9.88 Å². The average Bonchev–Trinajstić information content (AvgIpc) is 3.32. The fraction of sp³-hybridized carbons (Fsp3) is 0.158. The molecule has 10 nitrogen and oxygen atoms in total. The molecule has 0 saturated carbocycles. The summed E-state index contributed by atoms with van der Waals surface area (Å²) in [6.45, 7) is 1.42. The lowest BCUT2D eigenvalue weighted by atomic mass is 10.2. The van der Waals surface area contributed by atoms with Crippen LogP contribution in [0, 0.1) is 0 Å². The number of aromatic nitrogens is 1. The second-order valence-corrected chi connectivity index (χ2v) is 7.83. The minimum absolute atomic E-state index is 0.0920. The fourth-order valence-electron chi connectivity index (χ4n) is 2.43. The highest BCUT2D eigenvalue weighted by Crippen LogP contribution is 2.30. The van der Waals surface area contributed by atoms with Crippen LogP contribution in [-0.4, -0.2) is 52.0 Å². The van der Waals surface area contributed by atoms with Crippen LogP contribution in [0.4, 0.5) is 15.6 Å². The van der Waals surface area contributed by atoms with Crippen molar-refractivity contribution in [2.24, 2.45) is 0 Å². The van der Waals surface area contributed by atoms with Gasteiger partial charge in [-0.3, -0.25) is 29.4 Å². The third-order valence-corrected chi connectivity index (χ3v) is 5.38. The molecular weight excluding hydrogens is 444 g/mol. The van der Waals surface area contributed by atoms with Gasteiger partial charge in [0, 0.05) is 23.3 Å². The Morgan fingerprint density at radius 1 is 1.16 bits per heavy atom. The van der Waals surface area contributed by atoms with Crippen LogP contribution in [0.1, 0.15) is 17.3 Å². The molecule has 4 amide bonds. The van der Waals surface area contributed by atoms with Crippen LogP contribution in [0.5, 0.6) is 0 Å². The molecule has 0 radical (unpaired) electrons. The molecule has 2 heterocycles. The Hall–Kier alpha value is -3.51. The Kier molecular flexibility index (Phi) is 7.15. The maximum absolute atomic E-state index is 12.4. The first-order valence-corrected chi connectivity index (χ1v) is 10.6. The number of thioether (sulfide) groups is 1. The zero-order valence-corrected chi connectivity index (χ0v) is 17.7. The van der Waals surface area contributed by atoms with E-state index < -0.39 is 35.5 Å². The van der Waals surface area contributed by atoms with Gasteiger partial charge < -0.3 is 10.1 Å². The molecule has 0 aliphatic carbocycles. The van der Waals surface area contributed by atoms with Crippen molar-refractivity contribution in [3.05, 3.63) is 52.4 Å². The molecule has 31 heavy (non-hydrogen) atoms. The number of esters is 1. The molecular formula is C19H16N4O6S2. The number of hydrogen-bond donors (Lipinski definition) is 2. The Morgan fingerprint density at radius 3 is 2.55 bits per heavy atom. The topological polar surface area (TPSA) is 135 Å². The zero-order chi connectivity index (χ0) is 22.4. The molecule has 1 fully saturated rings. The first kappa shape index (κ1) is 22.2. The number of rotatable bonds is 7. The van der Waals surface area contributed by atoms with Crippen LogP contribution in [-0.2, 0) is 19.1 Å². The van der Waals surface area contributed by atoms with E-state index in [1.807, 2.05) is 0 Å². The van der Waals surface area contributed by atoms with Crippen molar-refractivity contribution in [1.29, 1.82) is 0 Å². The van der Waals surface area contributed by atoms with E-state index in [0.29, 0.717) is 28.1 Å². The van der Waals surface area contributed by atoms with Crippen molar-refractivity contribution in [3.8, 4) is 0 Å². The van der Waals surface area contributed by atoms with E-state index in [9.17, 15) is 24.0 Å². The van der Waals surface area contributed by atoms with Crippen molar-refractivity contribution < 1.29 is 28.7 Å². The summed E-state index contributed by atoms with van der Waals surface area (Å²) in [5.41, 5.74) is 0.704. The van der Waals surface area contributed by atoms with E-state index in [1.165, 1.54) is 41.8 Å². The van der Waals surface area contributed by atoms with Gasteiger partial charge in [0.2, 0.25) is 5.91 Å². The third-order valence-electron chi connectivity index (χ3n) is 3.78. The van der Waals surface area contributed by atoms with E-state index in [1.54, 1.807) is 12.3 Å². The Balaban J connectivity index is 1.58. The second kappa shape index (κ2) is 10.00. The van der Waals surface area contributed by atoms with Gasteiger partial charge in [0.25, 0.3) is 17.1 Å². The van der Waals surface area contributed by atoms with Crippen LogP contribution in [0.15, 0.2) is 46.8 Å². The van der Waals surface area contributed by atoms with Crippen molar-refractivity contribution in [2.75, 3.05) is 23.8 Å². The summed E-state index contributed by atoms with van der Waals surface area (Å²) in [6, 6.07) is 5.97. The molecule has 1 aromatic heterocycles. The van der Waals surface area contributed by atoms with Gasteiger partial charge in [0.1, 0.15) is 6.54 Å². The van der Waals surface area contributed by atoms with Gasteiger partial charge in [-0.15, -0.1) is 11.3 Å². The Labute approximate surface area is 184 Å². The summed E-state index contributed by atoms with van der Waals surface area (Å²) in [5.74, 6) is -2.44. The zero-order valence-electron chi connectivity index (χ0n) is 16.1. The predicted molar refractivity (Wildman–Crippen MR) is 115 cm³/mol. The van der Waals surface area contributed by atoms with Crippen molar-refractivity contribution in [3.63, 3.8) is 0 Å². The van der Waals surface area contributed by atoms with E-state index >= 15 is 0 Å². The highest BCUT2D eigenvalue weighted by Gasteiger charge is 2.36. The monoisotopic (exact) mass is 460 g/mol. The van der Waals surface area contributed by atoms with Gasteiger partial charge >= 0.3 is 5.97 Å². The lowest BCUT2D eigenvalue weighted by Crippen LogP contribution is -2.36. The summed E-state index contributed by atoms with van der Waals surface area (Å²) < 4.78 is 4.88. The smallest absolute Gasteiger partial charge is 0.338 e. The predicted octanol–water partition coefficient (Wildman–Crippen LogP) is 2.48. The highest BCUT2D eigenvalue weighted by atomic mass is 32.2. The number of nitrogens with one attached hydrogen (secondary N) is 2. The largest absolute Gasteiger partial charge is 0.462 e. The average molecular weight is 460 g/mol. The van der Waals surface area contributed by atoms with Crippen LogP contribution >= 0.6 is 23.1 Å². The van der Waals surface area contributed by atoms with Gasteiger partial charge in [-0.1, -0.05) is 0 Å². The number of benzene rings is 1. The molecule has 0 atom stereocenters. The summed E-state index contributed by atoms with van der Waals surface area (Å²) in [5, 5.41) is 6.39. The van der Waals surface area contributed by atoms with Crippen molar-refractivity contribution in [2.45, 2.75) is 6.92 Å². The number of ether oxygens (including phenoxy) is 1. The molecule has 1 saturated heterocycles. The van der Waals surface area contributed by atoms with E-state index in [-0.39, 0.29) is 11.5 Å². The van der Waals surface area contributed by atoms with Crippen LogP contribution in [0.2, 0.25) is 0 Å². The maximum Gasteiger partial charge on any atom is 0.338 e. The van der Waals surface area contributed by atoms with Crippen LogP contribution in [0.3, 0.4) is 0 Å². The molecule has 2 aromatic rings.